The molecule has 21 heavy (non-hydrogen) atoms. The van der Waals surface area contributed by atoms with Crippen LogP contribution in [0, 0.1) is 24.2 Å². The summed E-state index contributed by atoms with van der Waals surface area (Å²) in [6.07, 6.45) is 1.66. The number of hydrogen-bond acceptors (Lipinski definition) is 3. The highest BCUT2D eigenvalue weighted by molar-refractivity contribution is 5.71. The fourth-order valence-corrected chi connectivity index (χ4v) is 3.59. The van der Waals surface area contributed by atoms with Crippen LogP contribution in [0.1, 0.15) is 45.0 Å². The van der Waals surface area contributed by atoms with Gasteiger partial charge in [-0.1, -0.05) is 20.8 Å². The summed E-state index contributed by atoms with van der Waals surface area (Å²) in [5.74, 6) is -0.585. The number of carbonyl (C=O) groups is 1. The van der Waals surface area contributed by atoms with Crippen LogP contribution in [0.5, 0.6) is 0 Å². The lowest BCUT2D eigenvalue weighted by Gasteiger charge is -2.46. The monoisotopic (exact) mass is 293 g/mol. The molecule has 0 aromatic carbocycles. The van der Waals surface area contributed by atoms with Crippen molar-refractivity contribution in [2.24, 2.45) is 24.3 Å². The second kappa shape index (κ2) is 5.79. The van der Waals surface area contributed by atoms with Gasteiger partial charge >= 0.3 is 5.97 Å². The zero-order valence-corrected chi connectivity index (χ0v) is 13.7. The van der Waals surface area contributed by atoms with Gasteiger partial charge in [0.1, 0.15) is 0 Å². The number of aromatic nitrogens is 2. The number of nitrogens with one attached hydrogen (secondary N) is 1. The van der Waals surface area contributed by atoms with Crippen LogP contribution in [0.2, 0.25) is 0 Å². The molecule has 1 heterocycles. The lowest BCUT2D eigenvalue weighted by molar-refractivity contribution is -0.150. The molecule has 0 radical (unpaired) electrons. The molecule has 2 rings (SSSR count). The third-order valence-corrected chi connectivity index (χ3v) is 5.38. The average molecular weight is 293 g/mol. The second-order valence-corrected chi connectivity index (χ2v) is 6.97. The number of hydrogen-bond donors (Lipinski definition) is 2. The summed E-state index contributed by atoms with van der Waals surface area (Å²) in [6.45, 7) is 9.10. The average Bonchev–Trinajstić information content (AvgIpc) is 2.69. The van der Waals surface area contributed by atoms with E-state index in [0.29, 0.717) is 12.0 Å². The lowest BCUT2D eigenvalue weighted by Crippen LogP contribution is -2.50. The van der Waals surface area contributed by atoms with Crippen molar-refractivity contribution in [2.75, 3.05) is 0 Å². The minimum Gasteiger partial charge on any atom is -0.481 e. The fraction of sp³-hybridized carbons (Fsp3) is 0.750. The maximum Gasteiger partial charge on any atom is 0.307 e. The van der Waals surface area contributed by atoms with E-state index in [9.17, 15) is 9.90 Å². The number of nitrogens with zero attached hydrogens (tertiary/aromatic N) is 2. The standard InChI is InChI=1S/C16H27N3O2/c1-10-8-12(19(5)18-10)9-17-14-7-6-13(15(20)21)16(3,4)11(14)2/h8,11,13-14,17H,6-7,9H2,1-5H3,(H,20,21). The first-order valence-electron chi connectivity index (χ1n) is 7.69. The van der Waals surface area contributed by atoms with Crippen LogP contribution < -0.4 is 5.32 Å². The van der Waals surface area contributed by atoms with E-state index < -0.39 is 5.97 Å². The van der Waals surface area contributed by atoms with Gasteiger partial charge in [0.25, 0.3) is 0 Å². The van der Waals surface area contributed by atoms with Crippen molar-refractivity contribution in [3.63, 3.8) is 0 Å². The first-order valence-corrected chi connectivity index (χ1v) is 7.69. The van der Waals surface area contributed by atoms with E-state index in [2.05, 4.69) is 37.3 Å². The summed E-state index contributed by atoms with van der Waals surface area (Å²) in [4.78, 5) is 11.4. The zero-order valence-electron chi connectivity index (χ0n) is 13.7. The Kier molecular flexibility index (Phi) is 4.42. The molecule has 1 fully saturated rings. The summed E-state index contributed by atoms with van der Waals surface area (Å²) in [7, 11) is 1.96. The van der Waals surface area contributed by atoms with E-state index in [4.69, 9.17) is 0 Å². The highest BCUT2D eigenvalue weighted by Crippen LogP contribution is 2.45. The van der Waals surface area contributed by atoms with Gasteiger partial charge in [-0.2, -0.15) is 5.10 Å². The van der Waals surface area contributed by atoms with Gasteiger partial charge in [0, 0.05) is 19.6 Å². The topological polar surface area (TPSA) is 67.2 Å². The minimum absolute atomic E-state index is 0.190. The molecule has 3 atom stereocenters. The van der Waals surface area contributed by atoms with E-state index in [1.54, 1.807) is 0 Å². The number of carboxylic acids is 1. The molecule has 0 amide bonds. The van der Waals surface area contributed by atoms with Crippen molar-refractivity contribution in [1.29, 1.82) is 0 Å². The van der Waals surface area contributed by atoms with Crippen LogP contribution in [-0.2, 0) is 18.4 Å². The Morgan fingerprint density at radius 1 is 1.52 bits per heavy atom. The van der Waals surface area contributed by atoms with Gasteiger partial charge in [-0.05, 0) is 37.2 Å². The van der Waals surface area contributed by atoms with E-state index in [1.807, 2.05) is 18.7 Å². The lowest BCUT2D eigenvalue weighted by atomic mass is 9.61. The summed E-state index contributed by atoms with van der Waals surface area (Å²) < 4.78 is 1.90. The maximum absolute atomic E-state index is 11.4. The van der Waals surface area contributed by atoms with E-state index in [-0.39, 0.29) is 11.3 Å². The molecular weight excluding hydrogens is 266 g/mol. The molecule has 0 saturated heterocycles. The molecule has 1 saturated carbocycles. The Morgan fingerprint density at radius 2 is 2.19 bits per heavy atom. The van der Waals surface area contributed by atoms with Gasteiger partial charge in [0.2, 0.25) is 0 Å². The molecule has 3 unspecified atom stereocenters. The Morgan fingerprint density at radius 3 is 2.71 bits per heavy atom. The van der Waals surface area contributed by atoms with Gasteiger partial charge in [-0.15, -0.1) is 0 Å². The number of aryl methyl sites for hydroxylation is 2. The van der Waals surface area contributed by atoms with E-state index in [0.717, 1.165) is 30.8 Å². The molecular formula is C16H27N3O2. The summed E-state index contributed by atoms with van der Waals surface area (Å²) in [5.41, 5.74) is 2.00. The Bertz CT molecular complexity index is 522. The highest BCUT2D eigenvalue weighted by Gasteiger charge is 2.46. The molecule has 1 aromatic rings. The number of carboxylic acid groups (broad SMARTS) is 1. The Labute approximate surface area is 126 Å². The summed E-state index contributed by atoms with van der Waals surface area (Å²) in [5, 5.41) is 17.4. The summed E-state index contributed by atoms with van der Waals surface area (Å²) in [6, 6.07) is 2.44. The van der Waals surface area contributed by atoms with Crippen molar-refractivity contribution in [2.45, 2.75) is 53.1 Å². The molecule has 1 aromatic heterocycles. The van der Waals surface area contributed by atoms with Gasteiger partial charge in [-0.3, -0.25) is 9.48 Å². The molecule has 1 aliphatic rings. The molecule has 1 aliphatic carbocycles. The second-order valence-electron chi connectivity index (χ2n) is 6.97. The molecule has 118 valence electrons. The normalized spacial score (nSPS) is 28.5. The van der Waals surface area contributed by atoms with E-state index in [1.165, 1.54) is 0 Å². The third kappa shape index (κ3) is 3.12. The fourth-order valence-electron chi connectivity index (χ4n) is 3.59. The van der Waals surface area contributed by atoms with Crippen molar-refractivity contribution in [3.05, 3.63) is 17.5 Å². The third-order valence-electron chi connectivity index (χ3n) is 5.38. The Balaban J connectivity index is 2.02. The van der Waals surface area contributed by atoms with Gasteiger partial charge in [0.15, 0.2) is 0 Å². The molecule has 0 spiro atoms. The SMILES string of the molecule is Cc1cc(CNC2CCC(C(=O)O)C(C)(C)C2C)n(C)n1. The first kappa shape index (κ1) is 16.0. The molecule has 5 nitrogen and oxygen atoms in total. The molecule has 5 heteroatoms. The van der Waals surface area contributed by atoms with Crippen molar-refractivity contribution in [1.82, 2.24) is 15.1 Å². The van der Waals surface area contributed by atoms with Crippen LogP contribution in [0.4, 0.5) is 0 Å². The maximum atomic E-state index is 11.4. The van der Waals surface area contributed by atoms with Gasteiger partial charge in [-0.25, -0.2) is 0 Å². The van der Waals surface area contributed by atoms with Crippen LogP contribution >= 0.6 is 0 Å². The van der Waals surface area contributed by atoms with Crippen molar-refractivity contribution < 1.29 is 9.90 Å². The largest absolute Gasteiger partial charge is 0.481 e. The molecule has 0 aliphatic heterocycles. The van der Waals surface area contributed by atoms with Crippen LogP contribution in [0.15, 0.2) is 6.07 Å². The van der Waals surface area contributed by atoms with Crippen molar-refractivity contribution in [3.8, 4) is 0 Å². The number of rotatable bonds is 4. The van der Waals surface area contributed by atoms with Crippen LogP contribution in [0.25, 0.3) is 0 Å². The number of aliphatic carboxylic acids is 1. The van der Waals surface area contributed by atoms with E-state index >= 15 is 0 Å². The zero-order chi connectivity index (χ0) is 15.8. The first-order chi connectivity index (χ1) is 9.73. The molecule has 0 bridgehead atoms. The minimum atomic E-state index is -0.660. The van der Waals surface area contributed by atoms with Gasteiger partial charge in [0.05, 0.1) is 17.3 Å². The van der Waals surface area contributed by atoms with Crippen LogP contribution in [-0.4, -0.2) is 26.9 Å². The van der Waals surface area contributed by atoms with Crippen LogP contribution in [0.3, 0.4) is 0 Å². The van der Waals surface area contributed by atoms with Gasteiger partial charge < -0.3 is 10.4 Å². The Hall–Kier alpha value is -1.36. The predicted molar refractivity (Wildman–Crippen MR) is 81.9 cm³/mol. The predicted octanol–water partition coefficient (Wildman–Crippen LogP) is 2.34. The smallest absolute Gasteiger partial charge is 0.307 e. The highest BCUT2D eigenvalue weighted by atomic mass is 16.4. The molecule has 2 N–H and O–H groups in total. The summed E-state index contributed by atoms with van der Waals surface area (Å²) >= 11 is 0. The quantitative estimate of drug-likeness (QED) is 0.894. The van der Waals surface area contributed by atoms with Crippen molar-refractivity contribution >= 4 is 5.97 Å².